The van der Waals surface area contributed by atoms with Crippen molar-refractivity contribution in [3.05, 3.63) is 51.5 Å². The molecule has 0 fully saturated rings. The number of fused-ring (bicyclic) bond motifs is 1. The lowest BCUT2D eigenvalue weighted by molar-refractivity contribution is 0.0699. The number of hydrogen-bond acceptors (Lipinski definition) is 3. The summed E-state index contributed by atoms with van der Waals surface area (Å²) in [6.07, 6.45) is 0. The van der Waals surface area contributed by atoms with Crippen molar-refractivity contribution in [2.45, 2.75) is 0 Å². The van der Waals surface area contributed by atoms with Crippen molar-refractivity contribution in [2.75, 3.05) is 0 Å². The molecule has 0 aliphatic rings. The van der Waals surface area contributed by atoms with Gasteiger partial charge < -0.3 is 5.11 Å². The van der Waals surface area contributed by atoms with Crippen LogP contribution in [-0.4, -0.2) is 26.1 Å². The Hall–Kier alpha value is -1.92. The first-order valence-electron chi connectivity index (χ1n) is 5.61. The molecule has 1 aromatic heterocycles. The number of halogens is 2. The van der Waals surface area contributed by atoms with E-state index in [0.29, 0.717) is 26.2 Å². The summed E-state index contributed by atoms with van der Waals surface area (Å²) >= 11 is 9.46. The molecule has 0 aliphatic carbocycles. The molecular formula is C13H7BrClN3O2. The van der Waals surface area contributed by atoms with Gasteiger partial charge in [-0.2, -0.15) is 0 Å². The van der Waals surface area contributed by atoms with Crippen LogP contribution in [0.3, 0.4) is 0 Å². The number of benzene rings is 2. The molecule has 2 aromatic carbocycles. The quantitative estimate of drug-likeness (QED) is 0.766. The number of aromatic carboxylic acids is 1. The minimum absolute atomic E-state index is 0.118. The van der Waals surface area contributed by atoms with Gasteiger partial charge >= 0.3 is 5.97 Å². The Kier molecular flexibility index (Phi) is 3.19. The first-order chi connectivity index (χ1) is 9.59. The topological polar surface area (TPSA) is 68.0 Å². The second-order valence-corrected chi connectivity index (χ2v) is 5.25. The highest BCUT2D eigenvalue weighted by molar-refractivity contribution is 9.10. The molecule has 0 bridgehead atoms. The molecule has 0 radical (unpaired) electrons. The molecule has 0 aliphatic heterocycles. The highest BCUT2D eigenvalue weighted by atomic mass is 79.9. The van der Waals surface area contributed by atoms with Crippen molar-refractivity contribution < 1.29 is 9.90 Å². The summed E-state index contributed by atoms with van der Waals surface area (Å²) in [6.45, 7) is 0. The van der Waals surface area contributed by atoms with E-state index in [2.05, 4.69) is 26.2 Å². The standard InChI is InChI=1S/C13H7BrClN3O2/c14-11-8(15)4-2-5-9(11)18-10-6-1-3-7(13(19)20)12(10)16-17-18/h1-6H,(H,19,20). The Balaban J connectivity index is 2.31. The molecule has 5 nitrogen and oxygen atoms in total. The zero-order chi connectivity index (χ0) is 14.3. The molecule has 1 N–H and O–H groups in total. The molecule has 0 unspecified atom stereocenters. The zero-order valence-corrected chi connectivity index (χ0v) is 12.3. The predicted octanol–water partition coefficient (Wildman–Crippen LogP) is 3.53. The van der Waals surface area contributed by atoms with Crippen LogP contribution in [0.15, 0.2) is 40.9 Å². The highest BCUT2D eigenvalue weighted by Crippen LogP contribution is 2.30. The van der Waals surface area contributed by atoms with Crippen molar-refractivity contribution in [2.24, 2.45) is 0 Å². The van der Waals surface area contributed by atoms with Gasteiger partial charge in [0.1, 0.15) is 5.52 Å². The number of nitrogens with zero attached hydrogens (tertiary/aromatic N) is 3. The molecule has 0 saturated carbocycles. The average molecular weight is 353 g/mol. The van der Waals surface area contributed by atoms with E-state index in [1.807, 2.05) is 6.07 Å². The number of carboxylic acid groups (broad SMARTS) is 1. The Morgan fingerprint density at radius 3 is 2.75 bits per heavy atom. The third-order valence-corrected chi connectivity index (χ3v) is 4.24. The summed E-state index contributed by atoms with van der Waals surface area (Å²) in [5.41, 5.74) is 1.76. The Morgan fingerprint density at radius 2 is 2.00 bits per heavy atom. The maximum atomic E-state index is 11.2. The third kappa shape index (κ3) is 1.97. The average Bonchev–Trinajstić information content (AvgIpc) is 2.85. The Morgan fingerprint density at radius 1 is 1.25 bits per heavy atom. The number of hydrogen-bond donors (Lipinski definition) is 1. The van der Waals surface area contributed by atoms with E-state index in [0.717, 1.165) is 0 Å². The molecular weight excluding hydrogens is 346 g/mol. The lowest BCUT2D eigenvalue weighted by Crippen LogP contribution is -1.99. The van der Waals surface area contributed by atoms with Crippen LogP contribution >= 0.6 is 27.5 Å². The van der Waals surface area contributed by atoms with Crippen molar-refractivity contribution in [3.63, 3.8) is 0 Å². The second-order valence-electron chi connectivity index (χ2n) is 4.05. The summed E-state index contributed by atoms with van der Waals surface area (Å²) in [7, 11) is 0. The third-order valence-electron chi connectivity index (χ3n) is 2.87. The van der Waals surface area contributed by atoms with E-state index < -0.39 is 5.97 Å². The fraction of sp³-hybridized carbons (Fsp3) is 0. The van der Waals surface area contributed by atoms with E-state index in [9.17, 15) is 4.79 Å². The molecule has 20 heavy (non-hydrogen) atoms. The monoisotopic (exact) mass is 351 g/mol. The van der Waals surface area contributed by atoms with Gasteiger partial charge in [-0.3, -0.25) is 0 Å². The van der Waals surface area contributed by atoms with Gasteiger partial charge in [-0.1, -0.05) is 28.9 Å². The zero-order valence-electron chi connectivity index (χ0n) is 9.92. The fourth-order valence-corrected chi connectivity index (χ4v) is 2.55. The van der Waals surface area contributed by atoms with E-state index >= 15 is 0 Å². The summed E-state index contributed by atoms with van der Waals surface area (Å²) in [4.78, 5) is 11.2. The summed E-state index contributed by atoms with van der Waals surface area (Å²) in [6, 6.07) is 10.3. The van der Waals surface area contributed by atoms with E-state index in [4.69, 9.17) is 16.7 Å². The summed E-state index contributed by atoms with van der Waals surface area (Å²) < 4.78 is 2.23. The van der Waals surface area contributed by atoms with Gasteiger partial charge in [-0.15, -0.1) is 5.10 Å². The largest absolute Gasteiger partial charge is 0.478 e. The Labute approximate surface area is 126 Å². The highest BCUT2D eigenvalue weighted by Gasteiger charge is 2.16. The van der Waals surface area contributed by atoms with Crippen molar-refractivity contribution >= 4 is 44.5 Å². The SMILES string of the molecule is O=C(O)c1cccc2c1nnn2-c1cccc(Cl)c1Br. The van der Waals surface area contributed by atoms with Crippen LogP contribution in [-0.2, 0) is 0 Å². The van der Waals surface area contributed by atoms with Gasteiger partial charge in [0.15, 0.2) is 0 Å². The van der Waals surface area contributed by atoms with Gasteiger partial charge in [0.25, 0.3) is 0 Å². The lowest BCUT2D eigenvalue weighted by atomic mass is 10.2. The minimum atomic E-state index is -1.03. The number of carbonyl (C=O) groups is 1. The Bertz CT molecular complexity index is 832. The fourth-order valence-electron chi connectivity index (χ4n) is 1.95. The number of carboxylic acids is 1. The van der Waals surface area contributed by atoms with Gasteiger partial charge in [0.05, 0.1) is 26.3 Å². The normalized spacial score (nSPS) is 10.9. The molecule has 100 valence electrons. The number of rotatable bonds is 2. The smallest absolute Gasteiger partial charge is 0.338 e. The van der Waals surface area contributed by atoms with E-state index in [1.54, 1.807) is 28.9 Å². The van der Waals surface area contributed by atoms with Gasteiger partial charge in [0.2, 0.25) is 0 Å². The molecule has 0 spiro atoms. The molecule has 7 heteroatoms. The predicted molar refractivity (Wildman–Crippen MR) is 78.5 cm³/mol. The lowest BCUT2D eigenvalue weighted by Gasteiger charge is -2.06. The van der Waals surface area contributed by atoms with E-state index in [-0.39, 0.29) is 5.56 Å². The first kappa shape index (κ1) is 13.1. The molecule has 0 saturated heterocycles. The van der Waals surface area contributed by atoms with Crippen LogP contribution in [0.25, 0.3) is 16.7 Å². The molecule has 0 atom stereocenters. The number of aromatic nitrogens is 3. The molecule has 3 aromatic rings. The molecule has 1 heterocycles. The molecule has 3 rings (SSSR count). The summed E-state index contributed by atoms with van der Waals surface area (Å²) in [5.74, 6) is -1.03. The first-order valence-corrected chi connectivity index (χ1v) is 6.79. The van der Waals surface area contributed by atoms with Gasteiger partial charge in [-0.25, -0.2) is 9.48 Å². The summed E-state index contributed by atoms with van der Waals surface area (Å²) in [5, 5.41) is 17.7. The van der Waals surface area contributed by atoms with Crippen LogP contribution in [0.1, 0.15) is 10.4 Å². The van der Waals surface area contributed by atoms with Crippen molar-refractivity contribution in [1.82, 2.24) is 15.0 Å². The van der Waals surface area contributed by atoms with E-state index in [1.165, 1.54) is 6.07 Å². The van der Waals surface area contributed by atoms with Crippen LogP contribution in [0, 0.1) is 0 Å². The van der Waals surface area contributed by atoms with Crippen molar-refractivity contribution in [1.29, 1.82) is 0 Å². The molecule has 0 amide bonds. The maximum Gasteiger partial charge on any atom is 0.338 e. The van der Waals surface area contributed by atoms with Gasteiger partial charge in [0, 0.05) is 0 Å². The van der Waals surface area contributed by atoms with Crippen LogP contribution in [0.2, 0.25) is 5.02 Å². The maximum absolute atomic E-state index is 11.2. The van der Waals surface area contributed by atoms with Crippen LogP contribution < -0.4 is 0 Å². The minimum Gasteiger partial charge on any atom is -0.478 e. The van der Waals surface area contributed by atoms with Crippen molar-refractivity contribution in [3.8, 4) is 5.69 Å². The second kappa shape index (κ2) is 4.88. The van der Waals surface area contributed by atoms with Crippen LogP contribution in [0.4, 0.5) is 0 Å². The van der Waals surface area contributed by atoms with Gasteiger partial charge in [-0.05, 0) is 40.2 Å². The van der Waals surface area contributed by atoms with Crippen LogP contribution in [0.5, 0.6) is 0 Å².